The van der Waals surface area contributed by atoms with E-state index in [0.717, 1.165) is 31.2 Å². The summed E-state index contributed by atoms with van der Waals surface area (Å²) in [5.41, 5.74) is 1.02. The van der Waals surface area contributed by atoms with Crippen molar-refractivity contribution in [1.29, 1.82) is 0 Å². The third-order valence-corrected chi connectivity index (χ3v) is 5.17. The second-order valence-corrected chi connectivity index (χ2v) is 6.95. The molecule has 1 saturated carbocycles. The van der Waals surface area contributed by atoms with Crippen molar-refractivity contribution in [2.24, 2.45) is 11.8 Å². The molecule has 2 amide bonds. The highest BCUT2D eigenvalue weighted by Gasteiger charge is 2.49. The average molecular weight is 344 g/mol. The molecular formula is C18H18ClN3O2. The van der Waals surface area contributed by atoms with Gasteiger partial charge in [0, 0.05) is 17.3 Å². The van der Waals surface area contributed by atoms with Crippen LogP contribution in [0.2, 0.25) is 5.02 Å². The molecule has 4 rings (SSSR count). The van der Waals surface area contributed by atoms with Crippen molar-refractivity contribution in [2.45, 2.75) is 32.2 Å². The van der Waals surface area contributed by atoms with Gasteiger partial charge < -0.3 is 0 Å². The predicted molar refractivity (Wildman–Crippen MR) is 90.7 cm³/mol. The maximum Gasteiger partial charge on any atom is 0.238 e. The second-order valence-electron chi connectivity index (χ2n) is 6.51. The van der Waals surface area contributed by atoms with Crippen LogP contribution in [0.15, 0.2) is 36.5 Å². The average Bonchev–Trinajstić information content (AvgIpc) is 3.11. The zero-order valence-electron chi connectivity index (χ0n) is 13.2. The molecule has 2 aliphatic rings. The normalized spacial score (nSPS) is 23.6. The maximum absolute atomic E-state index is 12.6. The number of carbonyl (C=O) groups is 2. The van der Waals surface area contributed by atoms with Gasteiger partial charge in [-0.05, 0) is 30.5 Å². The van der Waals surface area contributed by atoms with Crippen molar-refractivity contribution in [1.82, 2.24) is 9.78 Å². The molecule has 1 aliphatic carbocycles. The van der Waals surface area contributed by atoms with Crippen LogP contribution in [0.25, 0.3) is 0 Å². The zero-order valence-corrected chi connectivity index (χ0v) is 13.9. The van der Waals surface area contributed by atoms with E-state index in [2.05, 4.69) is 5.10 Å². The highest BCUT2D eigenvalue weighted by atomic mass is 35.5. The van der Waals surface area contributed by atoms with E-state index in [1.54, 1.807) is 16.9 Å². The molecule has 2 heterocycles. The van der Waals surface area contributed by atoms with Gasteiger partial charge in [-0.15, -0.1) is 0 Å². The molecular weight excluding hydrogens is 326 g/mol. The first-order chi connectivity index (χ1) is 11.6. The molecule has 1 aromatic carbocycles. The minimum atomic E-state index is -0.149. The fraction of sp³-hybridized carbons (Fsp3) is 0.389. The van der Waals surface area contributed by atoms with Gasteiger partial charge >= 0.3 is 0 Å². The number of halogens is 1. The van der Waals surface area contributed by atoms with Crippen molar-refractivity contribution in [2.75, 3.05) is 4.90 Å². The number of aromatic nitrogens is 2. The topological polar surface area (TPSA) is 55.2 Å². The van der Waals surface area contributed by atoms with Crippen molar-refractivity contribution >= 4 is 29.2 Å². The summed E-state index contributed by atoms with van der Waals surface area (Å²) in [4.78, 5) is 26.5. The highest BCUT2D eigenvalue weighted by Crippen LogP contribution is 2.39. The number of carbonyl (C=O) groups excluding carboxylic acids is 2. The minimum Gasteiger partial charge on any atom is -0.274 e. The number of hydrogen-bond acceptors (Lipinski definition) is 3. The molecule has 2 aromatic rings. The molecule has 0 radical (unpaired) electrons. The first kappa shape index (κ1) is 15.4. The number of rotatable bonds is 3. The molecule has 0 spiro atoms. The van der Waals surface area contributed by atoms with Gasteiger partial charge in [0.2, 0.25) is 11.8 Å². The molecule has 0 unspecified atom stereocenters. The van der Waals surface area contributed by atoms with Gasteiger partial charge in [-0.25, -0.2) is 4.90 Å². The van der Waals surface area contributed by atoms with Gasteiger partial charge in [0.25, 0.3) is 0 Å². The Hall–Kier alpha value is -2.14. The lowest BCUT2D eigenvalue weighted by Gasteiger charge is -2.19. The number of hydrogen-bond donors (Lipinski definition) is 0. The van der Waals surface area contributed by atoms with E-state index in [-0.39, 0.29) is 23.7 Å². The largest absolute Gasteiger partial charge is 0.274 e. The summed E-state index contributed by atoms with van der Waals surface area (Å²) in [5, 5.41) is 5.11. The Labute approximate surface area is 145 Å². The minimum absolute atomic E-state index is 0.0855. The molecule has 1 aliphatic heterocycles. The molecule has 6 heteroatoms. The molecule has 2 fully saturated rings. The van der Waals surface area contributed by atoms with Crippen LogP contribution >= 0.6 is 11.6 Å². The van der Waals surface area contributed by atoms with Crippen molar-refractivity contribution < 1.29 is 9.59 Å². The summed E-state index contributed by atoms with van der Waals surface area (Å²) in [7, 11) is 0. The fourth-order valence-corrected chi connectivity index (χ4v) is 3.98. The lowest BCUT2D eigenvalue weighted by atomic mass is 9.81. The van der Waals surface area contributed by atoms with Gasteiger partial charge in [-0.2, -0.15) is 5.10 Å². The first-order valence-corrected chi connectivity index (χ1v) is 8.67. The van der Waals surface area contributed by atoms with Crippen LogP contribution in [0.3, 0.4) is 0 Å². The van der Waals surface area contributed by atoms with Crippen molar-refractivity contribution in [3.63, 3.8) is 0 Å². The van der Waals surface area contributed by atoms with E-state index in [1.165, 1.54) is 4.90 Å². The Morgan fingerprint density at radius 1 is 1.08 bits per heavy atom. The van der Waals surface area contributed by atoms with Crippen LogP contribution in [0.4, 0.5) is 5.82 Å². The lowest BCUT2D eigenvalue weighted by Crippen LogP contribution is -2.31. The number of imide groups is 1. The third-order valence-electron chi connectivity index (χ3n) is 4.93. The quantitative estimate of drug-likeness (QED) is 0.804. The van der Waals surface area contributed by atoms with E-state index in [4.69, 9.17) is 11.6 Å². The number of anilines is 1. The molecule has 1 aromatic heterocycles. The van der Waals surface area contributed by atoms with Crippen molar-refractivity contribution in [3.8, 4) is 0 Å². The molecule has 1 saturated heterocycles. The van der Waals surface area contributed by atoms with E-state index >= 15 is 0 Å². The molecule has 0 N–H and O–H groups in total. The molecule has 0 bridgehead atoms. The second kappa shape index (κ2) is 6.06. The molecule has 2 atom stereocenters. The van der Waals surface area contributed by atoms with Gasteiger partial charge in [0.15, 0.2) is 5.82 Å². The van der Waals surface area contributed by atoms with Crippen LogP contribution < -0.4 is 4.90 Å². The maximum atomic E-state index is 12.6. The van der Waals surface area contributed by atoms with Crippen LogP contribution in [0.5, 0.6) is 0 Å². The van der Waals surface area contributed by atoms with Crippen LogP contribution in [0.1, 0.15) is 31.2 Å². The van der Waals surface area contributed by atoms with Gasteiger partial charge in [-0.1, -0.05) is 36.6 Å². The lowest BCUT2D eigenvalue weighted by molar-refractivity contribution is -0.122. The SMILES string of the molecule is O=C1[C@H]2CCCC[C@H]2C(=O)N1c1ccn(Cc2cccc(Cl)c2)n1. The van der Waals surface area contributed by atoms with Gasteiger partial charge in [0.05, 0.1) is 18.4 Å². The number of benzene rings is 1. The van der Waals surface area contributed by atoms with E-state index in [1.807, 2.05) is 24.3 Å². The smallest absolute Gasteiger partial charge is 0.238 e. The Kier molecular flexibility index (Phi) is 3.88. The summed E-state index contributed by atoms with van der Waals surface area (Å²) < 4.78 is 1.73. The Bertz CT molecular complexity index is 777. The van der Waals surface area contributed by atoms with Gasteiger partial charge in [0.1, 0.15) is 0 Å². The zero-order chi connectivity index (χ0) is 16.7. The number of amides is 2. The fourth-order valence-electron chi connectivity index (χ4n) is 3.77. The van der Waals surface area contributed by atoms with Gasteiger partial charge in [-0.3, -0.25) is 14.3 Å². The Balaban J connectivity index is 1.56. The summed E-state index contributed by atoms with van der Waals surface area (Å²) in [6, 6.07) is 9.29. The van der Waals surface area contributed by atoms with Crippen LogP contribution in [-0.4, -0.2) is 21.6 Å². The van der Waals surface area contributed by atoms with E-state index < -0.39 is 0 Å². The Morgan fingerprint density at radius 3 is 2.46 bits per heavy atom. The number of nitrogens with zero attached hydrogens (tertiary/aromatic N) is 3. The molecule has 124 valence electrons. The van der Waals surface area contributed by atoms with E-state index in [0.29, 0.717) is 17.4 Å². The summed E-state index contributed by atoms with van der Waals surface area (Å²) in [6.45, 7) is 0.545. The highest BCUT2D eigenvalue weighted by molar-refractivity contribution is 6.30. The predicted octanol–water partition coefficient (Wildman–Crippen LogP) is 3.26. The molecule has 5 nitrogen and oxygen atoms in total. The van der Waals surface area contributed by atoms with Crippen LogP contribution in [0, 0.1) is 11.8 Å². The molecule has 24 heavy (non-hydrogen) atoms. The Morgan fingerprint density at radius 2 is 1.79 bits per heavy atom. The monoisotopic (exact) mass is 343 g/mol. The number of fused-ring (bicyclic) bond motifs is 1. The third kappa shape index (κ3) is 2.63. The first-order valence-electron chi connectivity index (χ1n) is 8.29. The van der Waals surface area contributed by atoms with E-state index in [9.17, 15) is 9.59 Å². The van der Waals surface area contributed by atoms with Crippen LogP contribution in [-0.2, 0) is 16.1 Å². The van der Waals surface area contributed by atoms with Crippen molar-refractivity contribution in [3.05, 3.63) is 47.1 Å². The summed E-state index contributed by atoms with van der Waals surface area (Å²) in [6.07, 6.45) is 5.47. The summed E-state index contributed by atoms with van der Waals surface area (Å²) in [5.74, 6) is -0.0366. The summed E-state index contributed by atoms with van der Waals surface area (Å²) >= 11 is 6.00. The standard InChI is InChI=1S/C18H18ClN3O2/c19-13-5-3-4-12(10-13)11-21-9-8-16(20-21)22-17(23)14-6-1-2-7-15(14)18(22)24/h3-5,8-10,14-15H,1-2,6-7,11H2/t14-,15+.